The van der Waals surface area contributed by atoms with Gasteiger partial charge in [0.05, 0.1) is 12.2 Å². The van der Waals surface area contributed by atoms with Crippen molar-refractivity contribution >= 4 is 11.9 Å². The van der Waals surface area contributed by atoms with Crippen LogP contribution in [-0.4, -0.2) is 66.2 Å². The van der Waals surface area contributed by atoms with Crippen molar-refractivity contribution in [1.29, 1.82) is 0 Å². The lowest BCUT2D eigenvalue weighted by molar-refractivity contribution is -0.121. The summed E-state index contributed by atoms with van der Waals surface area (Å²) in [4.78, 5) is 27.6. The molecule has 2 rings (SSSR count). The Hall–Kier alpha value is -1.93. The summed E-state index contributed by atoms with van der Waals surface area (Å²) in [5.41, 5.74) is 0.932. The molecule has 2 N–H and O–H groups in total. The maximum atomic E-state index is 11.8. The van der Waals surface area contributed by atoms with Crippen LogP contribution < -0.4 is 10.6 Å². The van der Waals surface area contributed by atoms with E-state index in [1.165, 1.54) is 0 Å². The Labute approximate surface area is 136 Å². The van der Waals surface area contributed by atoms with Crippen LogP contribution in [0.4, 0.5) is 4.79 Å². The van der Waals surface area contributed by atoms with Gasteiger partial charge in [-0.15, -0.1) is 0 Å². The average molecular weight is 323 g/mol. The first-order valence-electron chi connectivity index (χ1n) is 8.01. The molecule has 0 unspecified atom stereocenters. The summed E-state index contributed by atoms with van der Waals surface area (Å²) in [6, 6.07) is 1.52. The lowest BCUT2D eigenvalue weighted by Gasteiger charge is -2.33. The molecule has 1 saturated heterocycles. The average Bonchev–Trinajstić information content (AvgIpc) is 2.92. The number of urea groups is 1. The van der Waals surface area contributed by atoms with Gasteiger partial charge >= 0.3 is 6.03 Å². The van der Waals surface area contributed by atoms with Gasteiger partial charge in [-0.25, -0.2) is 4.79 Å². The Morgan fingerprint density at radius 1 is 1.26 bits per heavy atom. The summed E-state index contributed by atoms with van der Waals surface area (Å²) in [7, 11) is 0. The number of rotatable bonds is 6. The van der Waals surface area contributed by atoms with Gasteiger partial charge in [0.25, 0.3) is 0 Å². The second kappa shape index (κ2) is 8.64. The first kappa shape index (κ1) is 17.4. The van der Waals surface area contributed by atoms with Gasteiger partial charge in [0.2, 0.25) is 5.91 Å². The molecule has 3 amide bonds. The van der Waals surface area contributed by atoms with E-state index in [1.54, 1.807) is 0 Å². The molecule has 128 valence electrons. The highest BCUT2D eigenvalue weighted by Crippen LogP contribution is 2.08. The summed E-state index contributed by atoms with van der Waals surface area (Å²) in [6.07, 6.45) is 0.842. The predicted molar refractivity (Wildman–Crippen MR) is 84.8 cm³/mol. The fourth-order valence-electron chi connectivity index (χ4n) is 2.48. The highest BCUT2D eigenvalue weighted by molar-refractivity contribution is 5.95. The SMILES string of the molecule is CCCNC(=O)NC(=O)CN1CCN(Cc2cc(C)on2)CC1. The van der Waals surface area contributed by atoms with Crippen molar-refractivity contribution in [2.24, 2.45) is 0 Å². The van der Waals surface area contributed by atoms with Gasteiger partial charge in [-0.1, -0.05) is 12.1 Å². The molecular formula is C15H25N5O3. The van der Waals surface area contributed by atoms with E-state index in [2.05, 4.69) is 20.7 Å². The predicted octanol–water partition coefficient (Wildman–Crippen LogP) is 0.336. The van der Waals surface area contributed by atoms with Gasteiger partial charge in [-0.2, -0.15) is 0 Å². The van der Waals surface area contributed by atoms with E-state index in [0.29, 0.717) is 6.54 Å². The van der Waals surface area contributed by atoms with E-state index in [1.807, 2.05) is 24.8 Å². The molecule has 2 heterocycles. The van der Waals surface area contributed by atoms with Crippen molar-refractivity contribution in [3.05, 3.63) is 17.5 Å². The minimum Gasteiger partial charge on any atom is -0.361 e. The standard InChI is InChI=1S/C15H25N5O3/c1-3-4-16-15(22)17-14(21)11-20-7-5-19(6-8-20)10-13-9-12(2)23-18-13/h9H,3-8,10-11H2,1-2H3,(H2,16,17,21,22). The second-order valence-electron chi connectivity index (χ2n) is 5.79. The monoisotopic (exact) mass is 323 g/mol. The zero-order valence-electron chi connectivity index (χ0n) is 13.8. The number of carbonyl (C=O) groups is 2. The summed E-state index contributed by atoms with van der Waals surface area (Å²) in [5.74, 6) is 0.552. The number of piperazine rings is 1. The third kappa shape index (κ3) is 5.99. The van der Waals surface area contributed by atoms with Crippen molar-refractivity contribution < 1.29 is 14.1 Å². The molecule has 8 nitrogen and oxygen atoms in total. The number of amides is 3. The topological polar surface area (TPSA) is 90.7 Å². The largest absolute Gasteiger partial charge is 0.361 e. The quantitative estimate of drug-likeness (QED) is 0.784. The molecule has 8 heteroatoms. The van der Waals surface area contributed by atoms with Gasteiger partial charge in [-0.05, 0) is 13.3 Å². The van der Waals surface area contributed by atoms with Crippen molar-refractivity contribution in [3.8, 4) is 0 Å². The number of imide groups is 1. The highest BCUT2D eigenvalue weighted by Gasteiger charge is 2.20. The van der Waals surface area contributed by atoms with E-state index < -0.39 is 6.03 Å². The Bertz CT molecular complexity index is 523. The Morgan fingerprint density at radius 3 is 2.57 bits per heavy atom. The van der Waals surface area contributed by atoms with Crippen LogP contribution in [0.2, 0.25) is 0 Å². The molecule has 1 aromatic rings. The van der Waals surface area contributed by atoms with E-state index in [0.717, 1.165) is 50.6 Å². The maximum Gasteiger partial charge on any atom is 0.321 e. The van der Waals surface area contributed by atoms with Gasteiger partial charge in [0.15, 0.2) is 0 Å². The van der Waals surface area contributed by atoms with Crippen LogP contribution in [0.25, 0.3) is 0 Å². The molecule has 0 bridgehead atoms. The second-order valence-corrected chi connectivity index (χ2v) is 5.79. The zero-order valence-corrected chi connectivity index (χ0v) is 13.8. The van der Waals surface area contributed by atoms with E-state index in [4.69, 9.17) is 4.52 Å². The summed E-state index contributed by atoms with van der Waals surface area (Å²) >= 11 is 0. The lowest BCUT2D eigenvalue weighted by Crippen LogP contribution is -2.50. The number of aryl methyl sites for hydroxylation is 1. The lowest BCUT2D eigenvalue weighted by atomic mass is 10.2. The number of hydrogen-bond acceptors (Lipinski definition) is 6. The smallest absolute Gasteiger partial charge is 0.321 e. The van der Waals surface area contributed by atoms with Crippen LogP contribution >= 0.6 is 0 Å². The van der Waals surface area contributed by atoms with Gasteiger partial charge < -0.3 is 9.84 Å². The van der Waals surface area contributed by atoms with Gasteiger partial charge in [-0.3, -0.25) is 19.9 Å². The van der Waals surface area contributed by atoms with Crippen LogP contribution in [0.5, 0.6) is 0 Å². The summed E-state index contributed by atoms with van der Waals surface area (Å²) in [5, 5.41) is 8.97. The van der Waals surface area contributed by atoms with Crippen LogP contribution in [0.3, 0.4) is 0 Å². The first-order chi connectivity index (χ1) is 11.1. The molecule has 23 heavy (non-hydrogen) atoms. The molecule has 0 aromatic carbocycles. The highest BCUT2D eigenvalue weighted by atomic mass is 16.5. The summed E-state index contributed by atoms with van der Waals surface area (Å²) < 4.78 is 5.07. The number of carbonyl (C=O) groups excluding carboxylic acids is 2. The first-order valence-corrected chi connectivity index (χ1v) is 8.01. The van der Waals surface area contributed by atoms with E-state index in [-0.39, 0.29) is 12.5 Å². The Balaban J connectivity index is 1.66. The molecule has 0 spiro atoms. The van der Waals surface area contributed by atoms with Crippen molar-refractivity contribution in [2.75, 3.05) is 39.3 Å². The molecule has 1 aliphatic rings. The number of nitrogens with zero attached hydrogens (tertiary/aromatic N) is 3. The number of aromatic nitrogens is 1. The number of nitrogens with one attached hydrogen (secondary N) is 2. The fraction of sp³-hybridized carbons (Fsp3) is 0.667. The van der Waals surface area contributed by atoms with Crippen LogP contribution in [0.1, 0.15) is 24.8 Å². The molecule has 0 atom stereocenters. The van der Waals surface area contributed by atoms with Gasteiger partial charge in [0.1, 0.15) is 5.76 Å². The third-order valence-corrected chi connectivity index (χ3v) is 3.68. The summed E-state index contributed by atoms with van der Waals surface area (Å²) in [6.45, 7) is 8.72. The van der Waals surface area contributed by atoms with Crippen molar-refractivity contribution in [2.45, 2.75) is 26.8 Å². The van der Waals surface area contributed by atoms with Crippen LogP contribution in [0.15, 0.2) is 10.6 Å². The zero-order chi connectivity index (χ0) is 16.7. The Kier molecular flexibility index (Phi) is 6.54. The van der Waals surface area contributed by atoms with Crippen molar-refractivity contribution in [3.63, 3.8) is 0 Å². The van der Waals surface area contributed by atoms with E-state index >= 15 is 0 Å². The van der Waals surface area contributed by atoms with Crippen LogP contribution in [0, 0.1) is 6.92 Å². The Morgan fingerprint density at radius 2 is 1.96 bits per heavy atom. The molecule has 1 fully saturated rings. The minimum atomic E-state index is -0.420. The molecule has 0 saturated carbocycles. The molecule has 1 aliphatic heterocycles. The fourth-order valence-corrected chi connectivity index (χ4v) is 2.48. The molecule has 0 aliphatic carbocycles. The molecular weight excluding hydrogens is 298 g/mol. The minimum absolute atomic E-state index is 0.246. The third-order valence-electron chi connectivity index (χ3n) is 3.68. The maximum absolute atomic E-state index is 11.8. The normalized spacial score (nSPS) is 16.3. The molecule has 1 aromatic heterocycles. The van der Waals surface area contributed by atoms with Crippen LogP contribution in [-0.2, 0) is 11.3 Å². The molecule has 0 radical (unpaired) electrons. The van der Waals surface area contributed by atoms with E-state index in [9.17, 15) is 9.59 Å². The van der Waals surface area contributed by atoms with Crippen molar-refractivity contribution in [1.82, 2.24) is 25.6 Å². The number of hydrogen-bond donors (Lipinski definition) is 2. The van der Waals surface area contributed by atoms with Gasteiger partial charge in [0, 0.05) is 45.3 Å².